The molecule has 0 aliphatic carbocycles. The molecule has 4 amide bonds. The molecular formula is C24H27F3N4O6S. The molecule has 2 aromatic rings. The maximum absolute atomic E-state index is 13.3. The van der Waals surface area contributed by atoms with Crippen molar-refractivity contribution in [1.29, 1.82) is 0 Å². The van der Waals surface area contributed by atoms with Crippen LogP contribution < -0.4 is 25.0 Å². The maximum Gasteiger partial charge on any atom is 0.404 e. The Kier molecular flexibility index (Phi) is 7.96. The number of rotatable bonds is 7. The van der Waals surface area contributed by atoms with E-state index in [1.807, 2.05) is 25.5 Å². The van der Waals surface area contributed by atoms with Crippen molar-refractivity contribution in [3.63, 3.8) is 0 Å². The predicted octanol–water partition coefficient (Wildman–Crippen LogP) is 4.00. The van der Waals surface area contributed by atoms with Crippen LogP contribution in [0.4, 0.5) is 35.0 Å². The van der Waals surface area contributed by atoms with Gasteiger partial charge in [0.05, 0.1) is 12.7 Å². The van der Waals surface area contributed by atoms with Crippen LogP contribution >= 0.6 is 0 Å². The van der Waals surface area contributed by atoms with Crippen LogP contribution in [0.2, 0.25) is 0 Å². The second kappa shape index (κ2) is 10.5. The van der Waals surface area contributed by atoms with Gasteiger partial charge in [0.2, 0.25) is 15.9 Å². The molecule has 14 heteroatoms. The zero-order valence-corrected chi connectivity index (χ0v) is 21.8. The van der Waals surface area contributed by atoms with Crippen molar-refractivity contribution >= 4 is 44.9 Å². The lowest BCUT2D eigenvalue weighted by molar-refractivity contribution is -0.120. The molecule has 3 rings (SSSR count). The number of urea groups is 1. The van der Waals surface area contributed by atoms with E-state index in [0.717, 1.165) is 0 Å². The number of alkyl halides is 3. The van der Waals surface area contributed by atoms with Crippen molar-refractivity contribution < 1.29 is 40.7 Å². The summed E-state index contributed by atoms with van der Waals surface area (Å²) in [5.41, 5.74) is 0.692. The molecule has 0 radical (unpaired) electrons. The smallest absolute Gasteiger partial charge is 0.404 e. The van der Waals surface area contributed by atoms with E-state index in [-0.39, 0.29) is 35.7 Å². The van der Waals surface area contributed by atoms with Gasteiger partial charge in [-0.3, -0.25) is 24.5 Å². The number of ether oxygens (including phenoxy) is 1. The van der Waals surface area contributed by atoms with E-state index in [1.165, 1.54) is 42.3 Å². The zero-order valence-electron chi connectivity index (χ0n) is 21.0. The summed E-state index contributed by atoms with van der Waals surface area (Å²) in [7, 11) is -3.26. The molecular weight excluding hydrogens is 529 g/mol. The number of halogens is 3. The number of nitrogens with one attached hydrogen (secondary N) is 3. The number of nitrogens with zero attached hydrogens (tertiary/aromatic N) is 1. The lowest BCUT2D eigenvalue weighted by Crippen LogP contribution is -2.49. The summed E-state index contributed by atoms with van der Waals surface area (Å²) >= 11 is 0. The average Bonchev–Trinajstić information content (AvgIpc) is 2.77. The van der Waals surface area contributed by atoms with Crippen LogP contribution in [0.25, 0.3) is 0 Å². The van der Waals surface area contributed by atoms with Crippen LogP contribution in [0, 0.1) is 0 Å². The van der Waals surface area contributed by atoms with Gasteiger partial charge in [0.15, 0.2) is 5.75 Å². The number of hydrogen-bond donors (Lipinski definition) is 3. The molecule has 0 bridgehead atoms. The van der Waals surface area contributed by atoms with E-state index >= 15 is 0 Å². The van der Waals surface area contributed by atoms with Gasteiger partial charge in [0.1, 0.15) is 5.75 Å². The van der Waals surface area contributed by atoms with E-state index in [9.17, 15) is 36.0 Å². The first-order valence-electron chi connectivity index (χ1n) is 11.3. The zero-order chi connectivity index (χ0) is 28.5. The summed E-state index contributed by atoms with van der Waals surface area (Å²) in [6.07, 6.45) is -4.81. The SMILES string of the molecule is COc1c(C(=O)Nc2ccc(NS(=O)(=O)CC(F)(F)F)cc2)cc(N2CCC(=O)NC2=O)cc1C(C)(C)C. The molecule has 0 saturated carbocycles. The van der Waals surface area contributed by atoms with Crippen molar-refractivity contribution in [2.24, 2.45) is 0 Å². The summed E-state index contributed by atoms with van der Waals surface area (Å²) in [5, 5.41) is 4.88. The van der Waals surface area contributed by atoms with Crippen LogP contribution in [-0.4, -0.2) is 51.8 Å². The first kappa shape index (κ1) is 28.8. The molecule has 1 heterocycles. The Morgan fingerprint density at radius 2 is 1.68 bits per heavy atom. The molecule has 2 aromatic carbocycles. The van der Waals surface area contributed by atoms with Gasteiger partial charge in [-0.15, -0.1) is 0 Å². The summed E-state index contributed by atoms with van der Waals surface area (Å²) in [6, 6.07) is 7.58. The highest BCUT2D eigenvalue weighted by molar-refractivity contribution is 7.92. The monoisotopic (exact) mass is 556 g/mol. The van der Waals surface area contributed by atoms with E-state index in [2.05, 4.69) is 10.6 Å². The largest absolute Gasteiger partial charge is 0.496 e. The highest BCUT2D eigenvalue weighted by atomic mass is 32.2. The highest BCUT2D eigenvalue weighted by Gasteiger charge is 2.35. The van der Waals surface area contributed by atoms with Gasteiger partial charge < -0.3 is 10.1 Å². The molecule has 1 saturated heterocycles. The fourth-order valence-corrected chi connectivity index (χ4v) is 4.78. The number of benzene rings is 2. The molecule has 0 unspecified atom stereocenters. The molecule has 38 heavy (non-hydrogen) atoms. The van der Waals surface area contributed by atoms with Crippen molar-refractivity contribution in [1.82, 2.24) is 5.32 Å². The number of sulfonamides is 1. The minimum Gasteiger partial charge on any atom is -0.496 e. The van der Waals surface area contributed by atoms with E-state index in [1.54, 1.807) is 6.07 Å². The normalized spacial score (nSPS) is 14.7. The quantitative estimate of drug-likeness (QED) is 0.472. The third-order valence-corrected chi connectivity index (χ3v) is 6.72. The first-order chi connectivity index (χ1) is 17.5. The van der Waals surface area contributed by atoms with Gasteiger partial charge in [0.25, 0.3) is 5.91 Å². The highest BCUT2D eigenvalue weighted by Crippen LogP contribution is 2.38. The molecule has 1 fully saturated rings. The van der Waals surface area contributed by atoms with Crippen molar-refractivity contribution in [3.05, 3.63) is 47.5 Å². The summed E-state index contributed by atoms with van der Waals surface area (Å²) < 4.78 is 68.1. The van der Waals surface area contributed by atoms with Gasteiger partial charge in [-0.2, -0.15) is 13.2 Å². The van der Waals surface area contributed by atoms with E-state index < -0.39 is 45.2 Å². The summed E-state index contributed by atoms with van der Waals surface area (Å²) in [6.45, 7) is 5.81. The molecule has 3 N–H and O–H groups in total. The number of anilines is 3. The number of carbonyl (C=O) groups excluding carboxylic acids is 3. The number of hydrogen-bond acceptors (Lipinski definition) is 6. The molecule has 206 valence electrons. The summed E-state index contributed by atoms with van der Waals surface area (Å²) in [5.74, 6) is -2.79. The van der Waals surface area contributed by atoms with Crippen LogP contribution in [-0.2, 0) is 20.2 Å². The van der Waals surface area contributed by atoms with Gasteiger partial charge in [0, 0.05) is 35.6 Å². The van der Waals surface area contributed by atoms with Gasteiger partial charge in [-0.05, 0) is 41.8 Å². The van der Waals surface area contributed by atoms with Crippen LogP contribution in [0.5, 0.6) is 5.75 Å². The Labute approximate surface area is 217 Å². The molecule has 0 aromatic heterocycles. The summed E-state index contributed by atoms with van der Waals surface area (Å²) in [4.78, 5) is 38.7. The number of methoxy groups -OCH3 is 1. The number of carbonyl (C=O) groups is 3. The first-order valence-corrected chi connectivity index (χ1v) is 13.0. The minimum atomic E-state index is -4.90. The third-order valence-electron chi connectivity index (χ3n) is 5.47. The Bertz CT molecular complexity index is 1350. The number of amides is 4. The molecule has 0 spiro atoms. The number of imide groups is 1. The predicted molar refractivity (Wildman–Crippen MR) is 135 cm³/mol. The average molecular weight is 557 g/mol. The van der Waals surface area contributed by atoms with Crippen LogP contribution in [0.3, 0.4) is 0 Å². The Morgan fingerprint density at radius 1 is 1.08 bits per heavy atom. The Morgan fingerprint density at radius 3 is 2.21 bits per heavy atom. The maximum atomic E-state index is 13.3. The fourth-order valence-electron chi connectivity index (χ4n) is 3.78. The standard InChI is InChI=1S/C24H27F3N4O6S/c1-23(2,3)18-12-16(31-10-9-19(32)29-22(31)34)11-17(20(18)37-4)21(33)28-14-5-7-15(8-6-14)30-38(35,36)13-24(25,26)27/h5-8,11-12,30H,9-10,13H2,1-4H3,(H,28,33)(H,29,32,34). The van der Waals surface area contributed by atoms with Gasteiger partial charge >= 0.3 is 12.2 Å². The molecule has 10 nitrogen and oxygen atoms in total. The van der Waals surface area contributed by atoms with Crippen LogP contribution in [0.1, 0.15) is 43.1 Å². The topological polar surface area (TPSA) is 134 Å². The van der Waals surface area contributed by atoms with Gasteiger partial charge in [-0.25, -0.2) is 13.2 Å². The van der Waals surface area contributed by atoms with Crippen molar-refractivity contribution in [3.8, 4) is 5.75 Å². The second-order valence-electron chi connectivity index (χ2n) is 9.59. The van der Waals surface area contributed by atoms with Crippen molar-refractivity contribution in [2.75, 3.05) is 34.3 Å². The van der Waals surface area contributed by atoms with E-state index in [4.69, 9.17) is 4.74 Å². The molecule has 1 aliphatic rings. The van der Waals surface area contributed by atoms with Crippen LogP contribution in [0.15, 0.2) is 36.4 Å². The lowest BCUT2D eigenvalue weighted by Gasteiger charge is -2.30. The second-order valence-corrected chi connectivity index (χ2v) is 11.3. The Balaban J connectivity index is 1.91. The molecule has 1 aliphatic heterocycles. The third kappa shape index (κ3) is 7.15. The molecule has 0 atom stereocenters. The van der Waals surface area contributed by atoms with E-state index in [0.29, 0.717) is 11.3 Å². The fraction of sp³-hybridized carbons (Fsp3) is 0.375. The Hall–Kier alpha value is -3.81. The lowest BCUT2D eigenvalue weighted by atomic mass is 9.84. The van der Waals surface area contributed by atoms with Gasteiger partial charge in [-0.1, -0.05) is 20.8 Å². The van der Waals surface area contributed by atoms with Crippen molar-refractivity contribution in [2.45, 2.75) is 38.8 Å². The minimum absolute atomic E-state index is 0.0865.